The van der Waals surface area contributed by atoms with E-state index in [9.17, 15) is 4.79 Å². The Morgan fingerprint density at radius 2 is 2.21 bits per heavy atom. The largest absolute Gasteiger partial charge is 0.384 e. The Hall–Kier alpha value is -1.79. The quantitative estimate of drug-likeness (QED) is 0.823. The Morgan fingerprint density at radius 3 is 2.79 bits per heavy atom. The third kappa shape index (κ3) is 2.97. The molecule has 2 rings (SSSR count). The molecule has 100 valence electrons. The average molecular weight is 257 g/mol. The molecule has 0 atom stereocenters. The molecule has 1 aliphatic rings. The fourth-order valence-corrected chi connectivity index (χ4v) is 2.21. The molecule has 1 aromatic carbocycles. The SMILES string of the molecule is Cc1ccc(C#CCO)c(C(=O)N(C)C2CCC2)c1. The maximum absolute atomic E-state index is 12.5. The van der Waals surface area contributed by atoms with Crippen LogP contribution in [0.1, 0.15) is 40.7 Å². The van der Waals surface area contributed by atoms with Crippen molar-refractivity contribution in [3.8, 4) is 11.8 Å². The van der Waals surface area contributed by atoms with E-state index in [1.807, 2.05) is 37.1 Å². The number of nitrogens with zero attached hydrogens (tertiary/aromatic N) is 1. The van der Waals surface area contributed by atoms with E-state index < -0.39 is 0 Å². The highest BCUT2D eigenvalue weighted by molar-refractivity contribution is 5.97. The summed E-state index contributed by atoms with van der Waals surface area (Å²) in [5, 5.41) is 8.79. The van der Waals surface area contributed by atoms with E-state index in [1.165, 1.54) is 6.42 Å². The lowest BCUT2D eigenvalue weighted by atomic mass is 9.91. The van der Waals surface area contributed by atoms with Crippen molar-refractivity contribution in [3.63, 3.8) is 0 Å². The topological polar surface area (TPSA) is 40.5 Å². The first-order valence-electron chi connectivity index (χ1n) is 6.61. The molecular weight excluding hydrogens is 238 g/mol. The molecule has 0 heterocycles. The van der Waals surface area contributed by atoms with E-state index in [-0.39, 0.29) is 12.5 Å². The molecule has 1 aliphatic carbocycles. The number of amides is 1. The molecular formula is C16H19NO2. The second-order valence-corrected chi connectivity index (χ2v) is 5.01. The Balaban J connectivity index is 2.30. The van der Waals surface area contributed by atoms with Gasteiger partial charge < -0.3 is 10.0 Å². The Kier molecular flexibility index (Phi) is 4.24. The fourth-order valence-electron chi connectivity index (χ4n) is 2.21. The van der Waals surface area contributed by atoms with Crippen molar-refractivity contribution in [2.45, 2.75) is 32.2 Å². The normalized spacial score (nSPS) is 14.3. The van der Waals surface area contributed by atoms with Gasteiger partial charge in [0.15, 0.2) is 0 Å². The number of hydrogen-bond donors (Lipinski definition) is 1. The number of aliphatic hydroxyl groups excluding tert-OH is 1. The molecule has 1 aromatic rings. The summed E-state index contributed by atoms with van der Waals surface area (Å²) in [4.78, 5) is 14.3. The summed E-state index contributed by atoms with van der Waals surface area (Å²) in [6.07, 6.45) is 3.38. The molecule has 3 heteroatoms. The van der Waals surface area contributed by atoms with Crippen molar-refractivity contribution in [2.75, 3.05) is 13.7 Å². The lowest BCUT2D eigenvalue weighted by molar-refractivity contribution is 0.0651. The van der Waals surface area contributed by atoms with Gasteiger partial charge in [-0.1, -0.05) is 23.5 Å². The number of aliphatic hydroxyl groups is 1. The molecule has 1 fully saturated rings. The maximum atomic E-state index is 12.5. The van der Waals surface area contributed by atoms with Gasteiger partial charge in [-0.2, -0.15) is 0 Å². The molecule has 1 amide bonds. The lowest BCUT2D eigenvalue weighted by Crippen LogP contribution is -2.41. The Morgan fingerprint density at radius 1 is 1.47 bits per heavy atom. The van der Waals surface area contributed by atoms with Crippen LogP contribution in [0.3, 0.4) is 0 Å². The smallest absolute Gasteiger partial charge is 0.255 e. The first-order valence-corrected chi connectivity index (χ1v) is 6.61. The first-order chi connectivity index (χ1) is 9.13. The van der Waals surface area contributed by atoms with E-state index in [0.717, 1.165) is 18.4 Å². The van der Waals surface area contributed by atoms with Gasteiger partial charge in [0.1, 0.15) is 6.61 Å². The molecule has 0 aromatic heterocycles. The molecule has 0 spiro atoms. The average Bonchev–Trinajstić information content (AvgIpc) is 2.34. The minimum Gasteiger partial charge on any atom is -0.384 e. The monoisotopic (exact) mass is 257 g/mol. The van der Waals surface area contributed by atoms with Crippen molar-refractivity contribution in [3.05, 3.63) is 34.9 Å². The van der Waals surface area contributed by atoms with Gasteiger partial charge in [-0.05, 0) is 38.3 Å². The zero-order valence-corrected chi connectivity index (χ0v) is 11.4. The zero-order chi connectivity index (χ0) is 13.8. The molecule has 0 saturated heterocycles. The summed E-state index contributed by atoms with van der Waals surface area (Å²) in [6.45, 7) is 1.77. The molecule has 0 aliphatic heterocycles. The zero-order valence-electron chi connectivity index (χ0n) is 11.4. The van der Waals surface area contributed by atoms with Gasteiger partial charge in [0.2, 0.25) is 0 Å². The van der Waals surface area contributed by atoms with Crippen LogP contribution in [0, 0.1) is 18.8 Å². The molecule has 3 nitrogen and oxygen atoms in total. The van der Waals surface area contributed by atoms with Crippen LogP contribution in [-0.4, -0.2) is 35.6 Å². The number of rotatable bonds is 2. The Bertz CT molecular complexity index is 535. The number of carbonyl (C=O) groups is 1. The summed E-state index contributed by atoms with van der Waals surface area (Å²) in [5.74, 6) is 5.49. The van der Waals surface area contributed by atoms with Gasteiger partial charge in [0.05, 0.1) is 5.56 Å². The molecule has 1 N–H and O–H groups in total. The molecule has 0 radical (unpaired) electrons. The van der Waals surface area contributed by atoms with E-state index in [0.29, 0.717) is 17.2 Å². The highest BCUT2D eigenvalue weighted by Gasteiger charge is 2.27. The standard InChI is InChI=1S/C16H19NO2/c1-12-8-9-13(5-4-10-18)15(11-12)16(19)17(2)14-6-3-7-14/h8-9,11,14,18H,3,6-7,10H2,1-2H3. The molecule has 1 saturated carbocycles. The third-order valence-corrected chi connectivity index (χ3v) is 3.65. The van der Waals surface area contributed by atoms with E-state index in [2.05, 4.69) is 11.8 Å². The maximum Gasteiger partial charge on any atom is 0.255 e. The first kappa shape index (κ1) is 13.6. The van der Waals surface area contributed by atoms with Crippen molar-refractivity contribution < 1.29 is 9.90 Å². The van der Waals surface area contributed by atoms with Gasteiger partial charge in [-0.25, -0.2) is 0 Å². The minimum absolute atomic E-state index is 0.0237. The van der Waals surface area contributed by atoms with Crippen LogP contribution in [0.15, 0.2) is 18.2 Å². The van der Waals surface area contributed by atoms with Crippen LogP contribution in [0.2, 0.25) is 0 Å². The Labute approximate surface area is 114 Å². The van der Waals surface area contributed by atoms with Gasteiger partial charge in [-0.15, -0.1) is 0 Å². The predicted octanol–water partition coefficient (Wildman–Crippen LogP) is 1.96. The summed E-state index contributed by atoms with van der Waals surface area (Å²) < 4.78 is 0. The molecule has 19 heavy (non-hydrogen) atoms. The molecule has 0 unspecified atom stereocenters. The van der Waals surface area contributed by atoms with Crippen LogP contribution in [0.5, 0.6) is 0 Å². The highest BCUT2D eigenvalue weighted by Crippen LogP contribution is 2.25. The van der Waals surface area contributed by atoms with Crippen molar-refractivity contribution >= 4 is 5.91 Å². The van der Waals surface area contributed by atoms with Crippen LogP contribution in [0.4, 0.5) is 0 Å². The summed E-state index contributed by atoms with van der Waals surface area (Å²) >= 11 is 0. The van der Waals surface area contributed by atoms with Gasteiger partial charge in [0, 0.05) is 18.7 Å². The number of aryl methyl sites for hydroxylation is 1. The number of carbonyl (C=O) groups excluding carboxylic acids is 1. The van der Waals surface area contributed by atoms with Crippen molar-refractivity contribution in [1.82, 2.24) is 4.90 Å². The van der Waals surface area contributed by atoms with E-state index in [4.69, 9.17) is 5.11 Å². The predicted molar refractivity (Wildman–Crippen MR) is 74.9 cm³/mol. The highest BCUT2D eigenvalue weighted by atomic mass is 16.2. The van der Waals surface area contributed by atoms with Crippen LogP contribution in [0.25, 0.3) is 0 Å². The fraction of sp³-hybridized carbons (Fsp3) is 0.438. The number of benzene rings is 1. The van der Waals surface area contributed by atoms with E-state index in [1.54, 1.807) is 0 Å². The number of hydrogen-bond acceptors (Lipinski definition) is 2. The van der Waals surface area contributed by atoms with E-state index >= 15 is 0 Å². The van der Waals surface area contributed by atoms with Crippen LogP contribution in [-0.2, 0) is 0 Å². The minimum atomic E-state index is -0.194. The van der Waals surface area contributed by atoms with Crippen LogP contribution < -0.4 is 0 Å². The summed E-state index contributed by atoms with van der Waals surface area (Å²) in [5.41, 5.74) is 2.37. The van der Waals surface area contributed by atoms with Crippen molar-refractivity contribution in [1.29, 1.82) is 0 Å². The summed E-state index contributed by atoms with van der Waals surface area (Å²) in [6, 6.07) is 6.02. The van der Waals surface area contributed by atoms with Gasteiger partial charge in [-0.3, -0.25) is 4.79 Å². The third-order valence-electron chi connectivity index (χ3n) is 3.65. The second-order valence-electron chi connectivity index (χ2n) is 5.01. The molecule has 0 bridgehead atoms. The second kappa shape index (κ2) is 5.90. The van der Waals surface area contributed by atoms with Crippen molar-refractivity contribution in [2.24, 2.45) is 0 Å². The van der Waals surface area contributed by atoms with Gasteiger partial charge in [0.25, 0.3) is 5.91 Å². The van der Waals surface area contributed by atoms with Crippen LogP contribution >= 0.6 is 0 Å². The lowest BCUT2D eigenvalue weighted by Gasteiger charge is -2.35. The van der Waals surface area contributed by atoms with Gasteiger partial charge >= 0.3 is 0 Å². The summed E-state index contributed by atoms with van der Waals surface area (Å²) in [7, 11) is 1.86.